The molecule has 3 rings (SSSR count). The second-order valence-corrected chi connectivity index (χ2v) is 5.82. The van der Waals surface area contributed by atoms with Crippen LogP contribution < -0.4 is 4.74 Å². The molecular weight excluding hydrogens is 306 g/mol. The third kappa shape index (κ3) is 3.13. The van der Waals surface area contributed by atoms with Gasteiger partial charge in [0, 0.05) is 45.0 Å². The van der Waals surface area contributed by atoms with Crippen molar-refractivity contribution in [3.05, 3.63) is 53.9 Å². The van der Waals surface area contributed by atoms with E-state index in [2.05, 4.69) is 0 Å². The van der Waals surface area contributed by atoms with Gasteiger partial charge in [0.25, 0.3) is 11.8 Å². The Balaban J connectivity index is 1.63. The smallest absolute Gasteiger partial charge is 0.270 e. The number of carbonyl (C=O) groups excluding carboxylic acids is 2. The van der Waals surface area contributed by atoms with Crippen molar-refractivity contribution >= 4 is 11.8 Å². The Hall–Kier alpha value is -2.76. The maximum absolute atomic E-state index is 12.6. The van der Waals surface area contributed by atoms with Gasteiger partial charge in [-0.3, -0.25) is 9.59 Å². The van der Waals surface area contributed by atoms with Crippen LogP contribution in [-0.4, -0.2) is 59.5 Å². The molecule has 0 atom stereocenters. The molecule has 1 fully saturated rings. The number of piperazine rings is 1. The van der Waals surface area contributed by atoms with Gasteiger partial charge < -0.3 is 19.1 Å². The zero-order valence-electron chi connectivity index (χ0n) is 13.9. The van der Waals surface area contributed by atoms with Crippen LogP contribution >= 0.6 is 0 Å². The summed E-state index contributed by atoms with van der Waals surface area (Å²) in [5.74, 6) is 0.647. The highest BCUT2D eigenvalue weighted by atomic mass is 16.5. The highest BCUT2D eigenvalue weighted by Gasteiger charge is 2.26. The number of aromatic nitrogens is 1. The van der Waals surface area contributed by atoms with E-state index in [1.54, 1.807) is 35.1 Å². The van der Waals surface area contributed by atoms with E-state index in [-0.39, 0.29) is 11.8 Å². The lowest BCUT2D eigenvalue weighted by Gasteiger charge is -2.34. The van der Waals surface area contributed by atoms with Gasteiger partial charge in [0.15, 0.2) is 0 Å². The van der Waals surface area contributed by atoms with Crippen molar-refractivity contribution in [2.75, 3.05) is 33.3 Å². The Labute approximate surface area is 141 Å². The third-order valence-corrected chi connectivity index (χ3v) is 4.33. The molecule has 1 saturated heterocycles. The lowest BCUT2D eigenvalue weighted by atomic mass is 10.1. The summed E-state index contributed by atoms with van der Waals surface area (Å²) in [6.07, 6.45) is 1.86. The molecule has 1 aromatic heterocycles. The van der Waals surface area contributed by atoms with Crippen LogP contribution in [0.2, 0.25) is 0 Å². The molecule has 0 saturated carbocycles. The Morgan fingerprint density at radius 3 is 2.21 bits per heavy atom. The van der Waals surface area contributed by atoms with Gasteiger partial charge in [-0.1, -0.05) is 6.07 Å². The van der Waals surface area contributed by atoms with Crippen LogP contribution in [0, 0.1) is 0 Å². The van der Waals surface area contributed by atoms with Crippen LogP contribution in [-0.2, 0) is 7.05 Å². The molecule has 0 N–H and O–H groups in total. The molecule has 0 spiro atoms. The van der Waals surface area contributed by atoms with Gasteiger partial charge in [-0.2, -0.15) is 0 Å². The quantitative estimate of drug-likeness (QED) is 0.861. The number of carbonyl (C=O) groups is 2. The number of hydrogen-bond donors (Lipinski definition) is 0. The van der Waals surface area contributed by atoms with Crippen molar-refractivity contribution in [2.24, 2.45) is 7.05 Å². The molecule has 1 aliphatic rings. The van der Waals surface area contributed by atoms with Crippen molar-refractivity contribution in [3.8, 4) is 5.75 Å². The first kappa shape index (κ1) is 16.1. The van der Waals surface area contributed by atoms with Crippen molar-refractivity contribution in [2.45, 2.75) is 0 Å². The lowest BCUT2D eigenvalue weighted by molar-refractivity contribution is 0.0530. The van der Waals surface area contributed by atoms with Crippen LogP contribution in [0.3, 0.4) is 0 Å². The Kier molecular flexibility index (Phi) is 4.55. The lowest BCUT2D eigenvalue weighted by Crippen LogP contribution is -2.50. The first-order valence-corrected chi connectivity index (χ1v) is 7.94. The molecule has 0 radical (unpaired) electrons. The molecule has 24 heavy (non-hydrogen) atoms. The van der Waals surface area contributed by atoms with Crippen LogP contribution in [0.1, 0.15) is 20.8 Å². The van der Waals surface area contributed by atoms with Gasteiger partial charge in [0.05, 0.1) is 7.11 Å². The SMILES string of the molecule is COc1cccc(C(=O)N2CCN(C(=O)c3cccn3C)CC2)c1. The second-order valence-electron chi connectivity index (χ2n) is 5.82. The van der Waals surface area contributed by atoms with E-state index in [0.29, 0.717) is 43.2 Å². The number of nitrogens with zero attached hydrogens (tertiary/aromatic N) is 3. The van der Waals surface area contributed by atoms with Gasteiger partial charge in [0.2, 0.25) is 0 Å². The van der Waals surface area contributed by atoms with Crippen molar-refractivity contribution < 1.29 is 14.3 Å². The van der Waals surface area contributed by atoms with E-state index in [4.69, 9.17) is 4.74 Å². The summed E-state index contributed by atoms with van der Waals surface area (Å²) in [6.45, 7) is 2.15. The summed E-state index contributed by atoms with van der Waals surface area (Å²) in [7, 11) is 3.44. The fraction of sp³-hybridized carbons (Fsp3) is 0.333. The topological polar surface area (TPSA) is 54.8 Å². The monoisotopic (exact) mass is 327 g/mol. The predicted octanol–water partition coefficient (Wildman–Crippen LogP) is 1.63. The first-order chi connectivity index (χ1) is 11.6. The normalized spacial score (nSPS) is 14.6. The van der Waals surface area contributed by atoms with E-state index in [0.717, 1.165) is 0 Å². The van der Waals surface area contributed by atoms with Gasteiger partial charge in [-0.25, -0.2) is 0 Å². The number of aryl methyl sites for hydroxylation is 1. The Morgan fingerprint density at radius 2 is 1.62 bits per heavy atom. The minimum absolute atomic E-state index is 0.0102. The zero-order chi connectivity index (χ0) is 17.1. The number of methoxy groups -OCH3 is 1. The van der Waals surface area contributed by atoms with Gasteiger partial charge in [-0.05, 0) is 30.3 Å². The second kappa shape index (κ2) is 6.78. The average molecular weight is 327 g/mol. The minimum Gasteiger partial charge on any atom is -0.497 e. The van der Waals surface area contributed by atoms with E-state index in [9.17, 15) is 9.59 Å². The summed E-state index contributed by atoms with van der Waals surface area (Å²) in [6, 6.07) is 10.8. The molecule has 126 valence electrons. The van der Waals surface area contributed by atoms with E-state index in [1.165, 1.54) is 0 Å². The predicted molar refractivity (Wildman–Crippen MR) is 90.2 cm³/mol. The maximum atomic E-state index is 12.6. The Morgan fingerprint density at radius 1 is 0.958 bits per heavy atom. The Bertz CT molecular complexity index is 745. The van der Waals surface area contributed by atoms with E-state index in [1.807, 2.05) is 36.0 Å². The molecule has 6 nitrogen and oxygen atoms in total. The molecule has 0 unspecified atom stereocenters. The molecule has 2 heterocycles. The molecule has 1 aliphatic heterocycles. The zero-order valence-corrected chi connectivity index (χ0v) is 13.9. The standard InChI is InChI=1S/C18H21N3O3/c1-19-8-4-7-16(19)18(23)21-11-9-20(10-12-21)17(22)14-5-3-6-15(13-14)24-2/h3-8,13H,9-12H2,1-2H3. The number of amides is 2. The van der Waals surface area contributed by atoms with Gasteiger partial charge in [0.1, 0.15) is 11.4 Å². The summed E-state index contributed by atoms with van der Waals surface area (Å²) in [4.78, 5) is 28.7. The van der Waals surface area contributed by atoms with E-state index < -0.39 is 0 Å². The summed E-state index contributed by atoms with van der Waals surface area (Å²) in [5, 5.41) is 0. The largest absolute Gasteiger partial charge is 0.497 e. The molecular formula is C18H21N3O3. The molecule has 1 aromatic carbocycles. The summed E-state index contributed by atoms with van der Waals surface area (Å²) in [5.41, 5.74) is 1.28. The first-order valence-electron chi connectivity index (χ1n) is 7.94. The fourth-order valence-electron chi connectivity index (χ4n) is 2.90. The summed E-state index contributed by atoms with van der Waals surface area (Å²) >= 11 is 0. The molecule has 0 bridgehead atoms. The van der Waals surface area contributed by atoms with Gasteiger partial charge >= 0.3 is 0 Å². The van der Waals surface area contributed by atoms with Crippen LogP contribution in [0.15, 0.2) is 42.6 Å². The average Bonchev–Trinajstić information content (AvgIpc) is 3.06. The van der Waals surface area contributed by atoms with Crippen molar-refractivity contribution in [1.82, 2.24) is 14.4 Å². The third-order valence-electron chi connectivity index (χ3n) is 4.33. The molecule has 0 aliphatic carbocycles. The number of benzene rings is 1. The molecule has 2 amide bonds. The van der Waals surface area contributed by atoms with Crippen LogP contribution in [0.4, 0.5) is 0 Å². The number of rotatable bonds is 3. The fourth-order valence-corrected chi connectivity index (χ4v) is 2.90. The van der Waals surface area contributed by atoms with Crippen LogP contribution in [0.5, 0.6) is 5.75 Å². The van der Waals surface area contributed by atoms with E-state index >= 15 is 0 Å². The molecule has 2 aromatic rings. The maximum Gasteiger partial charge on any atom is 0.270 e. The number of ether oxygens (including phenoxy) is 1. The highest BCUT2D eigenvalue weighted by molar-refractivity contribution is 5.95. The van der Waals surface area contributed by atoms with Crippen molar-refractivity contribution in [1.29, 1.82) is 0 Å². The minimum atomic E-state index is -0.0279. The number of hydrogen-bond acceptors (Lipinski definition) is 3. The summed E-state index contributed by atoms with van der Waals surface area (Å²) < 4.78 is 6.98. The molecule has 6 heteroatoms. The van der Waals surface area contributed by atoms with Crippen molar-refractivity contribution in [3.63, 3.8) is 0 Å². The van der Waals surface area contributed by atoms with Gasteiger partial charge in [-0.15, -0.1) is 0 Å². The van der Waals surface area contributed by atoms with Crippen LogP contribution in [0.25, 0.3) is 0 Å². The highest BCUT2D eigenvalue weighted by Crippen LogP contribution is 2.16.